The number of carboxylic acids is 1. The first-order chi connectivity index (χ1) is 18.6. The molecule has 4 aromatic rings. The average Bonchev–Trinajstić information content (AvgIpc) is 3.21. The Hall–Kier alpha value is -4.13. The lowest BCUT2D eigenvalue weighted by Gasteiger charge is -2.22. The summed E-state index contributed by atoms with van der Waals surface area (Å²) in [5.74, 6) is 0.142. The number of fused-ring (bicyclic) bond motifs is 1. The van der Waals surface area contributed by atoms with E-state index in [1.807, 2.05) is 50.2 Å². The highest BCUT2D eigenvalue weighted by atomic mass is 16.5. The Bertz CT molecular complexity index is 1490. The molecule has 0 saturated carbocycles. The molecule has 0 bridgehead atoms. The number of nitrogens with one attached hydrogen (secondary N) is 1. The number of rotatable bonds is 11. The molecule has 0 radical (unpaired) electrons. The number of aryl methyl sites for hydroxylation is 2. The lowest BCUT2D eigenvalue weighted by Crippen LogP contribution is -2.37. The fraction of sp³-hybridized carbons (Fsp3) is 0.344. The molecular formula is C32H37N3O4. The van der Waals surface area contributed by atoms with Crippen LogP contribution >= 0.6 is 0 Å². The largest absolute Gasteiger partial charge is 0.478 e. The second kappa shape index (κ2) is 11.7. The SMILES string of the molecule is CCCCc1cccc([C@H](C)NC(=O)c2ccc3c(c2)nc(C)n3Cc2cccc(OC(C)(C)C(=O)O)c2)c1. The van der Waals surface area contributed by atoms with Crippen molar-refractivity contribution in [1.29, 1.82) is 0 Å². The number of aliphatic carboxylic acids is 1. The number of nitrogens with zero attached hydrogens (tertiary/aromatic N) is 2. The van der Waals surface area contributed by atoms with Crippen LogP contribution in [0, 0.1) is 6.92 Å². The summed E-state index contributed by atoms with van der Waals surface area (Å²) in [5.41, 5.74) is 4.23. The smallest absolute Gasteiger partial charge is 0.347 e. The summed E-state index contributed by atoms with van der Waals surface area (Å²) in [6, 6.07) is 21.3. The molecule has 204 valence electrons. The van der Waals surface area contributed by atoms with Crippen molar-refractivity contribution in [3.05, 3.63) is 94.8 Å². The van der Waals surface area contributed by atoms with Crippen LogP contribution in [0.5, 0.6) is 5.75 Å². The molecule has 0 fully saturated rings. The molecule has 7 heteroatoms. The molecule has 0 aliphatic rings. The number of ether oxygens (including phenoxy) is 1. The minimum absolute atomic E-state index is 0.116. The van der Waals surface area contributed by atoms with E-state index in [1.54, 1.807) is 6.07 Å². The summed E-state index contributed by atoms with van der Waals surface area (Å²) < 4.78 is 7.77. The van der Waals surface area contributed by atoms with Crippen molar-refractivity contribution >= 4 is 22.9 Å². The van der Waals surface area contributed by atoms with E-state index in [4.69, 9.17) is 9.72 Å². The fourth-order valence-corrected chi connectivity index (χ4v) is 4.58. The van der Waals surface area contributed by atoms with Crippen molar-refractivity contribution in [2.24, 2.45) is 0 Å². The molecule has 4 rings (SSSR count). The Morgan fingerprint density at radius 3 is 2.54 bits per heavy atom. The molecule has 3 aromatic carbocycles. The normalized spacial score (nSPS) is 12.3. The van der Waals surface area contributed by atoms with Gasteiger partial charge < -0.3 is 19.7 Å². The van der Waals surface area contributed by atoms with Crippen molar-refractivity contribution < 1.29 is 19.4 Å². The lowest BCUT2D eigenvalue weighted by molar-refractivity contribution is -0.152. The van der Waals surface area contributed by atoms with Crippen LogP contribution in [0.4, 0.5) is 0 Å². The molecule has 0 spiro atoms. The van der Waals surface area contributed by atoms with Crippen molar-refractivity contribution in [3.63, 3.8) is 0 Å². The Balaban J connectivity index is 1.50. The number of unbranched alkanes of at least 4 members (excludes halogenated alkanes) is 1. The van der Waals surface area contributed by atoms with Gasteiger partial charge in [0.1, 0.15) is 11.6 Å². The Labute approximate surface area is 229 Å². The van der Waals surface area contributed by atoms with Crippen molar-refractivity contribution in [2.75, 3.05) is 0 Å². The Morgan fingerprint density at radius 1 is 1.05 bits per heavy atom. The van der Waals surface area contributed by atoms with Gasteiger partial charge in [-0.05, 0) is 87.6 Å². The van der Waals surface area contributed by atoms with Gasteiger partial charge in [0.2, 0.25) is 0 Å². The number of carboxylic acid groups (broad SMARTS) is 1. The Kier molecular flexibility index (Phi) is 8.38. The quantitative estimate of drug-likeness (QED) is 0.233. The molecule has 1 atom stereocenters. The van der Waals surface area contributed by atoms with E-state index in [0.717, 1.165) is 47.2 Å². The van der Waals surface area contributed by atoms with E-state index >= 15 is 0 Å². The van der Waals surface area contributed by atoms with E-state index in [9.17, 15) is 14.7 Å². The first-order valence-electron chi connectivity index (χ1n) is 13.5. The van der Waals surface area contributed by atoms with Crippen LogP contribution in [0.25, 0.3) is 11.0 Å². The third kappa shape index (κ3) is 6.66. The zero-order valence-corrected chi connectivity index (χ0v) is 23.3. The van der Waals surface area contributed by atoms with Gasteiger partial charge in [0.05, 0.1) is 17.1 Å². The van der Waals surface area contributed by atoms with Gasteiger partial charge in [-0.15, -0.1) is 0 Å². The predicted octanol–water partition coefficient (Wildman–Crippen LogP) is 6.47. The molecule has 1 heterocycles. The number of aromatic nitrogens is 2. The molecule has 2 N–H and O–H groups in total. The summed E-state index contributed by atoms with van der Waals surface area (Å²) in [7, 11) is 0. The van der Waals surface area contributed by atoms with Crippen LogP contribution in [-0.2, 0) is 17.8 Å². The highest BCUT2D eigenvalue weighted by molar-refractivity contribution is 5.97. The van der Waals surface area contributed by atoms with Gasteiger partial charge in [0.15, 0.2) is 5.60 Å². The topological polar surface area (TPSA) is 93.5 Å². The van der Waals surface area contributed by atoms with Crippen molar-refractivity contribution in [1.82, 2.24) is 14.9 Å². The van der Waals surface area contributed by atoms with Gasteiger partial charge in [-0.25, -0.2) is 9.78 Å². The van der Waals surface area contributed by atoms with Crippen LogP contribution < -0.4 is 10.1 Å². The molecular weight excluding hydrogens is 490 g/mol. The summed E-state index contributed by atoms with van der Waals surface area (Å²) in [5, 5.41) is 12.5. The second-order valence-electron chi connectivity index (χ2n) is 10.6. The van der Waals surface area contributed by atoms with Gasteiger partial charge in [-0.1, -0.05) is 49.7 Å². The van der Waals surface area contributed by atoms with Crippen LogP contribution in [0.3, 0.4) is 0 Å². The molecule has 0 aliphatic carbocycles. The molecule has 1 amide bonds. The molecule has 1 aromatic heterocycles. The number of imidazole rings is 1. The van der Waals surface area contributed by atoms with E-state index in [1.165, 1.54) is 19.4 Å². The van der Waals surface area contributed by atoms with Gasteiger partial charge in [-0.3, -0.25) is 4.79 Å². The van der Waals surface area contributed by atoms with Crippen LogP contribution in [0.1, 0.15) is 79.5 Å². The molecule has 39 heavy (non-hydrogen) atoms. The maximum Gasteiger partial charge on any atom is 0.347 e. The molecule has 0 unspecified atom stereocenters. The summed E-state index contributed by atoms with van der Waals surface area (Å²) in [6.07, 6.45) is 3.35. The zero-order valence-electron chi connectivity index (χ0n) is 23.3. The maximum absolute atomic E-state index is 13.1. The van der Waals surface area contributed by atoms with Gasteiger partial charge in [-0.2, -0.15) is 0 Å². The Morgan fingerprint density at radius 2 is 1.79 bits per heavy atom. The first kappa shape index (κ1) is 27.9. The van der Waals surface area contributed by atoms with Crippen LogP contribution in [0.15, 0.2) is 66.7 Å². The van der Waals surface area contributed by atoms with Gasteiger partial charge in [0.25, 0.3) is 5.91 Å². The number of hydrogen-bond acceptors (Lipinski definition) is 4. The molecule has 0 saturated heterocycles. The number of amides is 1. The second-order valence-corrected chi connectivity index (χ2v) is 10.6. The number of carbonyl (C=O) groups excluding carboxylic acids is 1. The first-order valence-corrected chi connectivity index (χ1v) is 13.5. The predicted molar refractivity (Wildman–Crippen MR) is 153 cm³/mol. The highest BCUT2D eigenvalue weighted by Crippen LogP contribution is 2.24. The molecule has 7 nitrogen and oxygen atoms in total. The number of carbonyl (C=O) groups is 2. The monoisotopic (exact) mass is 527 g/mol. The van der Waals surface area contributed by atoms with E-state index in [0.29, 0.717) is 17.9 Å². The third-order valence-electron chi connectivity index (χ3n) is 6.95. The number of hydrogen-bond donors (Lipinski definition) is 2. The highest BCUT2D eigenvalue weighted by Gasteiger charge is 2.29. The van der Waals surface area contributed by atoms with Crippen molar-refractivity contribution in [2.45, 2.75) is 72.1 Å². The summed E-state index contributed by atoms with van der Waals surface area (Å²) in [6.45, 7) is 9.70. The van der Waals surface area contributed by atoms with Gasteiger partial charge in [0, 0.05) is 12.1 Å². The lowest BCUT2D eigenvalue weighted by atomic mass is 10.0. The van der Waals surface area contributed by atoms with Crippen LogP contribution in [0.2, 0.25) is 0 Å². The minimum Gasteiger partial charge on any atom is -0.478 e. The zero-order chi connectivity index (χ0) is 28.2. The van der Waals surface area contributed by atoms with Crippen molar-refractivity contribution in [3.8, 4) is 5.75 Å². The van der Waals surface area contributed by atoms with E-state index in [2.05, 4.69) is 41.1 Å². The summed E-state index contributed by atoms with van der Waals surface area (Å²) >= 11 is 0. The molecule has 0 aliphatic heterocycles. The fourth-order valence-electron chi connectivity index (χ4n) is 4.58. The van der Waals surface area contributed by atoms with Gasteiger partial charge >= 0.3 is 5.97 Å². The standard InChI is InChI=1S/C32H37N3O4/c1-6-7-10-23-11-8-13-25(17-23)21(2)33-30(36)26-15-16-29-28(19-26)34-22(3)35(29)20-24-12-9-14-27(18-24)39-32(4,5)31(37)38/h8-9,11-19,21H,6-7,10,20H2,1-5H3,(H,33,36)(H,37,38)/t21-/m0/s1. The number of benzene rings is 3. The minimum atomic E-state index is -1.33. The maximum atomic E-state index is 13.1. The van der Waals surface area contributed by atoms with E-state index < -0.39 is 11.6 Å². The van der Waals surface area contributed by atoms with E-state index in [-0.39, 0.29) is 11.9 Å². The summed E-state index contributed by atoms with van der Waals surface area (Å²) in [4.78, 5) is 29.3. The average molecular weight is 528 g/mol. The third-order valence-corrected chi connectivity index (χ3v) is 6.95. The van der Waals surface area contributed by atoms with Crippen LogP contribution in [-0.4, -0.2) is 32.1 Å².